The largest absolute Gasteiger partial charge is 0.383 e. The Morgan fingerprint density at radius 1 is 1.03 bits per heavy atom. The van der Waals surface area contributed by atoms with Gasteiger partial charge >= 0.3 is 0 Å². The van der Waals surface area contributed by atoms with E-state index in [0.29, 0.717) is 17.8 Å². The second-order valence-corrected chi connectivity index (χ2v) is 9.95. The monoisotopic (exact) mass is 425 g/mol. The predicted octanol–water partition coefficient (Wildman–Crippen LogP) is 2.61. The SMILES string of the molecule is Nc1nc(NC(C2CCNCC2)S(=O)(=O)CCc2ccccc2)nc2ccccc12. The van der Waals surface area contributed by atoms with Gasteiger partial charge in [0.1, 0.15) is 11.2 Å². The summed E-state index contributed by atoms with van der Waals surface area (Å²) in [6, 6.07) is 17.1. The molecule has 1 atom stereocenters. The third-order valence-corrected chi connectivity index (χ3v) is 7.67. The molecule has 0 spiro atoms. The topological polar surface area (TPSA) is 110 Å². The molecule has 1 aliphatic rings. The van der Waals surface area contributed by atoms with Crippen molar-refractivity contribution in [1.82, 2.24) is 15.3 Å². The van der Waals surface area contributed by atoms with E-state index in [2.05, 4.69) is 20.6 Å². The molecule has 1 fully saturated rings. The second-order valence-electron chi connectivity index (χ2n) is 7.70. The van der Waals surface area contributed by atoms with Gasteiger partial charge in [0.05, 0.1) is 11.3 Å². The number of hydrogen-bond acceptors (Lipinski definition) is 7. The van der Waals surface area contributed by atoms with Gasteiger partial charge in [-0.3, -0.25) is 0 Å². The molecule has 1 aliphatic heterocycles. The minimum absolute atomic E-state index is 0.0108. The van der Waals surface area contributed by atoms with Gasteiger partial charge in [-0.15, -0.1) is 0 Å². The van der Waals surface area contributed by atoms with Crippen LogP contribution in [-0.4, -0.2) is 42.6 Å². The lowest BCUT2D eigenvalue weighted by Crippen LogP contribution is -2.44. The summed E-state index contributed by atoms with van der Waals surface area (Å²) in [4.78, 5) is 8.86. The Labute approximate surface area is 177 Å². The van der Waals surface area contributed by atoms with Gasteiger partial charge in [0.15, 0.2) is 9.84 Å². The number of anilines is 2. The Morgan fingerprint density at radius 2 is 1.73 bits per heavy atom. The Balaban J connectivity index is 1.61. The first kappa shape index (κ1) is 20.6. The highest BCUT2D eigenvalue weighted by Crippen LogP contribution is 2.26. The Bertz CT molecular complexity index is 1100. The number of rotatable bonds is 7. The molecule has 3 aromatic rings. The minimum atomic E-state index is -3.44. The van der Waals surface area contributed by atoms with E-state index in [1.54, 1.807) is 0 Å². The first-order valence-electron chi connectivity index (χ1n) is 10.3. The molecule has 1 unspecified atom stereocenters. The maximum absolute atomic E-state index is 13.4. The van der Waals surface area contributed by atoms with E-state index in [-0.39, 0.29) is 17.6 Å². The Hall–Kier alpha value is -2.71. The zero-order valence-electron chi connectivity index (χ0n) is 16.8. The molecule has 0 radical (unpaired) electrons. The number of nitrogens with two attached hydrogens (primary N) is 1. The lowest BCUT2D eigenvalue weighted by Gasteiger charge is -2.31. The third kappa shape index (κ3) is 4.71. The number of benzene rings is 2. The normalized spacial score (nSPS) is 16.4. The molecule has 0 amide bonds. The van der Waals surface area contributed by atoms with Gasteiger partial charge in [0.25, 0.3) is 0 Å². The molecule has 2 heterocycles. The second kappa shape index (κ2) is 8.97. The van der Waals surface area contributed by atoms with Crippen molar-refractivity contribution in [2.75, 3.05) is 29.9 Å². The summed E-state index contributed by atoms with van der Waals surface area (Å²) in [5.41, 5.74) is 7.81. The lowest BCUT2D eigenvalue weighted by molar-refractivity contribution is 0.366. The van der Waals surface area contributed by atoms with Crippen molar-refractivity contribution in [3.63, 3.8) is 0 Å². The number of aromatic nitrogens is 2. The van der Waals surface area contributed by atoms with Crippen LogP contribution in [0.2, 0.25) is 0 Å². The van der Waals surface area contributed by atoms with Crippen LogP contribution < -0.4 is 16.4 Å². The summed E-state index contributed by atoms with van der Waals surface area (Å²) in [6.07, 6.45) is 2.05. The highest BCUT2D eigenvalue weighted by molar-refractivity contribution is 7.92. The average molecular weight is 426 g/mol. The molecule has 2 aromatic carbocycles. The van der Waals surface area contributed by atoms with Gasteiger partial charge in [-0.25, -0.2) is 13.4 Å². The number of nitrogens with one attached hydrogen (secondary N) is 2. The number of hydrogen-bond donors (Lipinski definition) is 3. The molecule has 0 bridgehead atoms. The summed E-state index contributed by atoms with van der Waals surface area (Å²) in [5.74, 6) is 0.664. The fraction of sp³-hybridized carbons (Fsp3) is 0.364. The first-order valence-corrected chi connectivity index (χ1v) is 12.0. The van der Waals surface area contributed by atoms with Crippen molar-refractivity contribution in [3.05, 3.63) is 60.2 Å². The van der Waals surface area contributed by atoms with E-state index in [4.69, 9.17) is 5.73 Å². The maximum Gasteiger partial charge on any atom is 0.226 e. The summed E-state index contributed by atoms with van der Waals surface area (Å²) in [6.45, 7) is 1.61. The smallest absolute Gasteiger partial charge is 0.226 e. The summed E-state index contributed by atoms with van der Waals surface area (Å²) >= 11 is 0. The molecule has 30 heavy (non-hydrogen) atoms. The summed E-state index contributed by atoms with van der Waals surface area (Å²) < 4.78 is 26.8. The van der Waals surface area contributed by atoms with Crippen molar-refractivity contribution in [1.29, 1.82) is 0 Å². The van der Waals surface area contributed by atoms with E-state index >= 15 is 0 Å². The number of aryl methyl sites for hydroxylation is 1. The molecular weight excluding hydrogens is 398 g/mol. The van der Waals surface area contributed by atoms with E-state index in [1.165, 1.54) is 0 Å². The molecule has 4 N–H and O–H groups in total. The summed E-state index contributed by atoms with van der Waals surface area (Å²) in [7, 11) is -3.44. The molecule has 8 heteroatoms. The number of sulfone groups is 1. The van der Waals surface area contributed by atoms with Crippen LogP contribution >= 0.6 is 0 Å². The highest BCUT2D eigenvalue weighted by atomic mass is 32.2. The molecule has 158 valence electrons. The van der Waals surface area contributed by atoms with Gasteiger partial charge in [-0.05, 0) is 56.0 Å². The van der Waals surface area contributed by atoms with Crippen molar-refractivity contribution < 1.29 is 8.42 Å². The standard InChI is InChI=1S/C22H27N5O2S/c23-20-18-8-4-5-9-19(18)25-22(26-20)27-21(17-10-13-24-14-11-17)30(28,29)15-12-16-6-2-1-3-7-16/h1-9,17,21,24H,10-15H2,(H3,23,25,26,27). The number of para-hydroxylation sites is 1. The van der Waals surface area contributed by atoms with Crippen LogP contribution in [0, 0.1) is 5.92 Å². The number of nitrogen functional groups attached to an aromatic ring is 1. The zero-order chi connectivity index (χ0) is 21.0. The van der Waals surface area contributed by atoms with Crippen LogP contribution in [0.25, 0.3) is 10.9 Å². The van der Waals surface area contributed by atoms with E-state index in [9.17, 15) is 8.42 Å². The highest BCUT2D eigenvalue weighted by Gasteiger charge is 2.34. The van der Waals surface area contributed by atoms with Crippen LogP contribution in [0.15, 0.2) is 54.6 Å². The van der Waals surface area contributed by atoms with Crippen LogP contribution in [-0.2, 0) is 16.3 Å². The predicted molar refractivity (Wildman–Crippen MR) is 121 cm³/mol. The lowest BCUT2D eigenvalue weighted by atomic mass is 9.98. The quantitative estimate of drug-likeness (QED) is 0.534. The molecule has 0 aliphatic carbocycles. The van der Waals surface area contributed by atoms with Crippen LogP contribution in [0.4, 0.5) is 11.8 Å². The van der Waals surface area contributed by atoms with Crippen LogP contribution in [0.1, 0.15) is 18.4 Å². The van der Waals surface area contributed by atoms with E-state index < -0.39 is 15.2 Å². The van der Waals surface area contributed by atoms with Crippen molar-refractivity contribution in [3.8, 4) is 0 Å². The Morgan fingerprint density at radius 3 is 2.50 bits per heavy atom. The van der Waals surface area contributed by atoms with Gasteiger partial charge in [0, 0.05) is 5.39 Å². The molecule has 1 saturated heterocycles. The van der Waals surface area contributed by atoms with Gasteiger partial charge in [-0.1, -0.05) is 42.5 Å². The van der Waals surface area contributed by atoms with Gasteiger partial charge in [0.2, 0.25) is 5.95 Å². The van der Waals surface area contributed by atoms with Crippen molar-refractivity contribution in [2.24, 2.45) is 5.92 Å². The summed E-state index contributed by atoms with van der Waals surface area (Å²) in [5, 5.41) is 6.45. The number of piperidine rings is 1. The van der Waals surface area contributed by atoms with Crippen molar-refractivity contribution in [2.45, 2.75) is 24.6 Å². The zero-order valence-corrected chi connectivity index (χ0v) is 17.6. The van der Waals surface area contributed by atoms with Crippen molar-refractivity contribution >= 4 is 32.5 Å². The molecule has 0 saturated carbocycles. The third-order valence-electron chi connectivity index (χ3n) is 5.62. The molecule has 1 aromatic heterocycles. The minimum Gasteiger partial charge on any atom is -0.383 e. The first-order chi connectivity index (χ1) is 14.5. The fourth-order valence-corrected chi connectivity index (χ4v) is 5.89. The molecule has 7 nitrogen and oxygen atoms in total. The van der Waals surface area contributed by atoms with Crippen LogP contribution in [0.5, 0.6) is 0 Å². The van der Waals surface area contributed by atoms with E-state index in [1.807, 2.05) is 54.6 Å². The average Bonchev–Trinajstić information content (AvgIpc) is 2.77. The van der Waals surface area contributed by atoms with E-state index in [0.717, 1.165) is 36.9 Å². The molecular formula is C22H27N5O2S. The van der Waals surface area contributed by atoms with Crippen LogP contribution in [0.3, 0.4) is 0 Å². The van der Waals surface area contributed by atoms with Gasteiger partial charge < -0.3 is 16.4 Å². The molecule has 4 rings (SSSR count). The number of nitrogens with zero attached hydrogens (tertiary/aromatic N) is 2. The van der Waals surface area contributed by atoms with Gasteiger partial charge in [-0.2, -0.15) is 4.98 Å². The Kier molecular flexibility index (Phi) is 6.15. The number of fused-ring (bicyclic) bond motifs is 1. The fourth-order valence-electron chi connectivity index (χ4n) is 3.97. The maximum atomic E-state index is 13.4.